The zero-order valence-corrected chi connectivity index (χ0v) is 8.99. The monoisotopic (exact) mass is 194 g/mol. The maximum absolute atomic E-state index is 5.86. The highest BCUT2D eigenvalue weighted by Crippen LogP contribution is 2.20. The van der Waals surface area contributed by atoms with Crippen LogP contribution in [0.5, 0.6) is 0 Å². The third kappa shape index (κ3) is 2.13. The van der Waals surface area contributed by atoms with Gasteiger partial charge >= 0.3 is 0 Å². The van der Waals surface area contributed by atoms with Crippen LogP contribution >= 0.6 is 11.6 Å². The van der Waals surface area contributed by atoms with E-state index in [1.54, 1.807) is 0 Å². The predicted molar refractivity (Wildman–Crippen MR) is 59.4 cm³/mol. The summed E-state index contributed by atoms with van der Waals surface area (Å²) in [5.41, 5.74) is 5.23. The Bertz CT molecular complexity index is 313. The minimum absolute atomic E-state index is 0.588. The first-order valence-electron chi connectivity index (χ1n) is 4.45. The van der Waals surface area contributed by atoms with Crippen LogP contribution in [-0.4, -0.2) is 0 Å². The van der Waals surface area contributed by atoms with Gasteiger partial charge in [-0.3, -0.25) is 0 Å². The summed E-state index contributed by atoms with van der Waals surface area (Å²) < 4.78 is 0. The Morgan fingerprint density at radius 1 is 1.38 bits per heavy atom. The maximum Gasteiger partial charge on any atom is 0.0477 e. The van der Waals surface area contributed by atoms with Crippen LogP contribution in [0.15, 0.2) is 24.8 Å². The van der Waals surface area contributed by atoms with E-state index in [1.807, 2.05) is 6.08 Å². The fourth-order valence-corrected chi connectivity index (χ4v) is 1.73. The first-order chi connectivity index (χ1) is 6.20. The molecule has 0 nitrogen and oxygen atoms in total. The molecule has 0 radical (unpaired) electrons. The van der Waals surface area contributed by atoms with Crippen LogP contribution in [0.3, 0.4) is 0 Å². The van der Waals surface area contributed by atoms with Gasteiger partial charge in [0.05, 0.1) is 0 Å². The smallest absolute Gasteiger partial charge is 0.0477 e. The van der Waals surface area contributed by atoms with E-state index in [0.717, 1.165) is 6.42 Å². The van der Waals surface area contributed by atoms with Crippen molar-refractivity contribution >= 4 is 11.6 Å². The van der Waals surface area contributed by atoms with E-state index in [9.17, 15) is 0 Å². The van der Waals surface area contributed by atoms with Gasteiger partial charge in [0, 0.05) is 5.88 Å². The molecule has 0 unspecified atom stereocenters. The van der Waals surface area contributed by atoms with Gasteiger partial charge in [-0.25, -0.2) is 0 Å². The van der Waals surface area contributed by atoms with Gasteiger partial charge in [-0.2, -0.15) is 0 Å². The van der Waals surface area contributed by atoms with E-state index in [1.165, 1.54) is 22.3 Å². The first-order valence-corrected chi connectivity index (χ1v) is 4.99. The second kappa shape index (κ2) is 4.48. The van der Waals surface area contributed by atoms with Crippen molar-refractivity contribution in [2.45, 2.75) is 26.1 Å². The van der Waals surface area contributed by atoms with Crippen LogP contribution in [0.2, 0.25) is 0 Å². The van der Waals surface area contributed by atoms with Gasteiger partial charge < -0.3 is 0 Å². The summed E-state index contributed by atoms with van der Waals surface area (Å²) in [4.78, 5) is 0. The summed E-state index contributed by atoms with van der Waals surface area (Å²) in [6.07, 6.45) is 2.84. The van der Waals surface area contributed by atoms with Crippen LogP contribution in [0, 0.1) is 13.8 Å². The second-order valence-electron chi connectivity index (χ2n) is 3.27. The SMILES string of the molecule is C=CCc1c(CCl)ccc(C)c1C. The summed E-state index contributed by atoms with van der Waals surface area (Å²) in [6.45, 7) is 8.03. The van der Waals surface area contributed by atoms with E-state index < -0.39 is 0 Å². The van der Waals surface area contributed by atoms with E-state index in [0.29, 0.717) is 5.88 Å². The van der Waals surface area contributed by atoms with Crippen molar-refractivity contribution in [3.8, 4) is 0 Å². The molecule has 0 aliphatic heterocycles. The molecule has 0 fully saturated rings. The molecule has 0 aromatic heterocycles. The molecule has 0 saturated carbocycles. The van der Waals surface area contributed by atoms with Gasteiger partial charge in [-0.1, -0.05) is 18.2 Å². The molecule has 70 valence electrons. The Kier molecular flexibility index (Phi) is 3.56. The number of hydrogen-bond donors (Lipinski definition) is 0. The lowest BCUT2D eigenvalue weighted by Crippen LogP contribution is -1.96. The fourth-order valence-electron chi connectivity index (χ4n) is 1.48. The highest BCUT2D eigenvalue weighted by Gasteiger charge is 2.05. The van der Waals surface area contributed by atoms with Gasteiger partial charge in [0.2, 0.25) is 0 Å². The van der Waals surface area contributed by atoms with E-state index >= 15 is 0 Å². The molecular formula is C12H15Cl. The maximum atomic E-state index is 5.86. The molecule has 13 heavy (non-hydrogen) atoms. The van der Waals surface area contributed by atoms with Crippen LogP contribution in [-0.2, 0) is 12.3 Å². The van der Waals surface area contributed by atoms with Gasteiger partial charge in [0.25, 0.3) is 0 Å². The Morgan fingerprint density at radius 2 is 2.08 bits per heavy atom. The lowest BCUT2D eigenvalue weighted by molar-refractivity contribution is 1.13. The number of alkyl halides is 1. The van der Waals surface area contributed by atoms with Gasteiger partial charge in [0.15, 0.2) is 0 Å². The topological polar surface area (TPSA) is 0 Å². The lowest BCUT2D eigenvalue weighted by Gasteiger charge is -2.11. The molecular weight excluding hydrogens is 180 g/mol. The summed E-state index contributed by atoms with van der Waals surface area (Å²) in [6, 6.07) is 4.23. The Labute approximate surface area is 85.2 Å². The standard InChI is InChI=1S/C12H15Cl/c1-4-5-12-10(3)9(2)6-7-11(12)8-13/h4,6-7H,1,5,8H2,2-3H3. The molecule has 0 spiro atoms. The number of halogens is 1. The van der Waals surface area contributed by atoms with Crippen molar-refractivity contribution in [3.63, 3.8) is 0 Å². The van der Waals surface area contributed by atoms with E-state index in [4.69, 9.17) is 11.6 Å². The molecule has 0 aliphatic rings. The number of aryl methyl sites for hydroxylation is 1. The van der Waals surface area contributed by atoms with E-state index in [-0.39, 0.29) is 0 Å². The number of benzene rings is 1. The van der Waals surface area contributed by atoms with Crippen LogP contribution < -0.4 is 0 Å². The number of hydrogen-bond acceptors (Lipinski definition) is 0. The molecule has 0 N–H and O–H groups in total. The lowest BCUT2D eigenvalue weighted by atomic mass is 9.96. The molecule has 0 amide bonds. The second-order valence-corrected chi connectivity index (χ2v) is 3.54. The minimum Gasteiger partial charge on any atom is -0.122 e. The van der Waals surface area contributed by atoms with Crippen molar-refractivity contribution in [1.82, 2.24) is 0 Å². The molecule has 0 bridgehead atoms. The van der Waals surface area contributed by atoms with Crippen molar-refractivity contribution in [3.05, 3.63) is 47.0 Å². The highest BCUT2D eigenvalue weighted by molar-refractivity contribution is 6.17. The third-order valence-electron chi connectivity index (χ3n) is 2.46. The molecule has 0 heterocycles. The quantitative estimate of drug-likeness (QED) is 0.508. The average Bonchev–Trinajstić information content (AvgIpc) is 2.14. The molecule has 0 saturated heterocycles. The number of allylic oxidation sites excluding steroid dienone is 1. The van der Waals surface area contributed by atoms with Crippen molar-refractivity contribution in [2.75, 3.05) is 0 Å². The zero-order chi connectivity index (χ0) is 9.84. The third-order valence-corrected chi connectivity index (χ3v) is 2.75. The molecule has 1 heteroatoms. The molecule has 1 aromatic rings. The summed E-state index contributed by atoms with van der Waals surface area (Å²) in [5, 5.41) is 0. The summed E-state index contributed by atoms with van der Waals surface area (Å²) in [7, 11) is 0. The highest BCUT2D eigenvalue weighted by atomic mass is 35.5. The minimum atomic E-state index is 0.588. The first kappa shape index (κ1) is 10.3. The Morgan fingerprint density at radius 3 is 2.62 bits per heavy atom. The van der Waals surface area contributed by atoms with E-state index in [2.05, 4.69) is 32.6 Å². The van der Waals surface area contributed by atoms with Crippen LogP contribution in [0.4, 0.5) is 0 Å². The molecule has 0 aliphatic carbocycles. The van der Waals surface area contributed by atoms with Crippen molar-refractivity contribution in [2.24, 2.45) is 0 Å². The zero-order valence-electron chi connectivity index (χ0n) is 8.23. The molecule has 0 atom stereocenters. The molecule has 1 rings (SSSR count). The van der Waals surface area contributed by atoms with Gasteiger partial charge in [0.1, 0.15) is 0 Å². The van der Waals surface area contributed by atoms with Crippen molar-refractivity contribution in [1.29, 1.82) is 0 Å². The Hall–Kier alpha value is -0.750. The van der Waals surface area contributed by atoms with Crippen molar-refractivity contribution < 1.29 is 0 Å². The average molecular weight is 195 g/mol. The van der Waals surface area contributed by atoms with Gasteiger partial charge in [-0.05, 0) is 42.5 Å². The molecule has 1 aromatic carbocycles. The normalized spacial score (nSPS) is 10.1. The van der Waals surface area contributed by atoms with Gasteiger partial charge in [-0.15, -0.1) is 18.2 Å². The summed E-state index contributed by atoms with van der Waals surface area (Å²) in [5.74, 6) is 0.588. The fraction of sp³-hybridized carbons (Fsp3) is 0.333. The van der Waals surface area contributed by atoms with Crippen LogP contribution in [0.1, 0.15) is 22.3 Å². The number of rotatable bonds is 3. The largest absolute Gasteiger partial charge is 0.122 e. The summed E-state index contributed by atoms with van der Waals surface area (Å²) >= 11 is 5.86. The predicted octanol–water partition coefficient (Wildman–Crippen LogP) is 3.77. The Balaban J connectivity index is 3.23. The van der Waals surface area contributed by atoms with Crippen LogP contribution in [0.25, 0.3) is 0 Å².